The quantitative estimate of drug-likeness (QED) is 0.593. The lowest BCUT2D eigenvalue weighted by molar-refractivity contribution is -0.175. The number of benzene rings is 1. The van der Waals surface area contributed by atoms with Crippen LogP contribution in [0.5, 0.6) is 5.75 Å². The van der Waals surface area contributed by atoms with Gasteiger partial charge in [0.05, 0.1) is 0 Å². The Morgan fingerprint density at radius 3 is 2.43 bits per heavy atom. The lowest BCUT2D eigenvalue weighted by Crippen LogP contribution is -2.48. The highest BCUT2D eigenvalue weighted by Gasteiger charge is 2.39. The largest absolute Gasteiger partial charge is 0.480 e. The third-order valence-electron chi connectivity index (χ3n) is 3.62. The van der Waals surface area contributed by atoms with E-state index in [1.165, 1.54) is 24.5 Å². The molecular weight excluding hydrogens is 387 g/mol. The van der Waals surface area contributed by atoms with E-state index >= 15 is 0 Å². The van der Waals surface area contributed by atoms with Gasteiger partial charge in [0.25, 0.3) is 5.92 Å². The summed E-state index contributed by atoms with van der Waals surface area (Å²) in [5.74, 6) is -6.19. The summed E-state index contributed by atoms with van der Waals surface area (Å²) in [7, 11) is 0. The van der Waals surface area contributed by atoms with E-state index in [1.807, 2.05) is 5.32 Å². The normalized spacial score (nSPS) is 13.2. The van der Waals surface area contributed by atoms with Crippen molar-refractivity contribution in [2.24, 2.45) is 0 Å². The van der Waals surface area contributed by atoms with Gasteiger partial charge in [0.1, 0.15) is 24.2 Å². The summed E-state index contributed by atoms with van der Waals surface area (Å²) in [6.45, 7) is -1.33. The third-order valence-corrected chi connectivity index (χ3v) is 3.62. The Balaban J connectivity index is 1.95. The van der Waals surface area contributed by atoms with E-state index in [1.54, 1.807) is 0 Å². The summed E-state index contributed by atoms with van der Waals surface area (Å²) in [5, 5.41) is 11.0. The third kappa shape index (κ3) is 7.10. The van der Waals surface area contributed by atoms with Crippen LogP contribution in [0.2, 0.25) is 0 Å². The zero-order valence-corrected chi connectivity index (χ0v) is 14.4. The van der Waals surface area contributed by atoms with E-state index in [9.17, 15) is 26.7 Å². The second-order valence-electron chi connectivity index (χ2n) is 6.06. The average molecular weight is 404 g/mol. The van der Waals surface area contributed by atoms with Crippen LogP contribution < -0.4 is 10.1 Å². The number of carbonyl (C=O) groups is 1. The molecule has 1 aromatic heterocycles. The van der Waals surface area contributed by atoms with Gasteiger partial charge in [-0.15, -0.1) is 0 Å². The Bertz CT molecular complexity index is 773. The maximum absolute atomic E-state index is 14.1. The predicted molar refractivity (Wildman–Crippen MR) is 88.9 cm³/mol. The van der Waals surface area contributed by atoms with Crippen molar-refractivity contribution < 1.29 is 36.6 Å². The summed E-state index contributed by atoms with van der Waals surface area (Å²) in [6.07, 6.45) is -3.28. The first kappa shape index (κ1) is 21.5. The van der Waals surface area contributed by atoms with Gasteiger partial charge in [0.2, 0.25) is 0 Å². The minimum absolute atomic E-state index is 0.182. The fraction of sp³-hybridized carbons (Fsp3) is 0.333. The van der Waals surface area contributed by atoms with Crippen molar-refractivity contribution in [2.45, 2.75) is 30.9 Å². The van der Waals surface area contributed by atoms with Crippen LogP contribution >= 0.6 is 0 Å². The van der Waals surface area contributed by atoms with Crippen molar-refractivity contribution >= 4 is 5.97 Å². The number of hydrogen-bond donors (Lipinski definition) is 2. The van der Waals surface area contributed by atoms with Crippen LogP contribution in [0.4, 0.5) is 22.0 Å². The van der Waals surface area contributed by atoms with Gasteiger partial charge < -0.3 is 9.84 Å². The Hall–Kier alpha value is -2.75. The van der Waals surface area contributed by atoms with Gasteiger partial charge in [-0.3, -0.25) is 15.1 Å². The molecule has 2 rings (SSSR count). The van der Waals surface area contributed by atoms with Crippen LogP contribution in [0.3, 0.4) is 0 Å². The Morgan fingerprint density at radius 2 is 1.86 bits per heavy atom. The molecule has 10 heteroatoms. The molecule has 0 amide bonds. The number of carboxylic acids is 1. The van der Waals surface area contributed by atoms with Gasteiger partial charge >= 0.3 is 12.1 Å². The SMILES string of the molecule is O=C(O)[C@H](CC(F)(F)Cc1cccnc1)NCC(F)(F)Oc1ccc(F)cc1. The zero-order chi connectivity index (χ0) is 20.8. The fourth-order valence-corrected chi connectivity index (χ4v) is 2.37. The molecule has 0 aliphatic carbocycles. The number of hydrogen-bond acceptors (Lipinski definition) is 4. The van der Waals surface area contributed by atoms with Gasteiger partial charge in [0, 0.05) is 25.2 Å². The number of alkyl halides is 4. The number of ether oxygens (including phenoxy) is 1. The summed E-state index contributed by atoms with van der Waals surface area (Å²) < 4.78 is 73.1. The predicted octanol–water partition coefficient (Wildman–Crippen LogP) is 3.50. The smallest absolute Gasteiger partial charge is 0.410 e. The zero-order valence-electron chi connectivity index (χ0n) is 14.4. The van der Waals surface area contributed by atoms with Crippen LogP contribution in [-0.2, 0) is 11.2 Å². The van der Waals surface area contributed by atoms with Crippen LogP contribution in [0.15, 0.2) is 48.8 Å². The van der Waals surface area contributed by atoms with Gasteiger partial charge in [-0.25, -0.2) is 13.2 Å². The first-order valence-corrected chi connectivity index (χ1v) is 8.12. The van der Waals surface area contributed by atoms with Crippen LogP contribution in [0.1, 0.15) is 12.0 Å². The van der Waals surface area contributed by atoms with Crippen LogP contribution in [0.25, 0.3) is 0 Å². The van der Waals surface area contributed by atoms with E-state index in [4.69, 9.17) is 5.11 Å². The molecule has 1 heterocycles. The molecule has 0 spiro atoms. The lowest BCUT2D eigenvalue weighted by Gasteiger charge is -2.24. The average Bonchev–Trinajstić information content (AvgIpc) is 2.60. The molecule has 1 atom stereocenters. The van der Waals surface area contributed by atoms with Crippen molar-refractivity contribution in [3.63, 3.8) is 0 Å². The number of aromatic nitrogens is 1. The monoisotopic (exact) mass is 404 g/mol. The van der Waals surface area contributed by atoms with E-state index < -0.39 is 49.2 Å². The molecule has 0 bridgehead atoms. The molecule has 28 heavy (non-hydrogen) atoms. The molecule has 0 saturated heterocycles. The van der Waals surface area contributed by atoms with E-state index in [2.05, 4.69) is 9.72 Å². The molecule has 0 aliphatic heterocycles. The Labute approximate surface area is 157 Å². The molecule has 152 valence electrons. The summed E-state index contributed by atoms with van der Waals surface area (Å²) >= 11 is 0. The van der Waals surface area contributed by atoms with Gasteiger partial charge in [-0.2, -0.15) is 8.78 Å². The number of aliphatic carboxylic acids is 1. The first-order valence-electron chi connectivity index (χ1n) is 8.12. The van der Waals surface area contributed by atoms with E-state index in [-0.39, 0.29) is 11.3 Å². The highest BCUT2D eigenvalue weighted by molar-refractivity contribution is 5.73. The van der Waals surface area contributed by atoms with Gasteiger partial charge in [-0.05, 0) is 35.9 Å². The van der Waals surface area contributed by atoms with Crippen LogP contribution in [-0.4, -0.2) is 40.7 Å². The Kier molecular flexibility index (Phi) is 6.90. The van der Waals surface area contributed by atoms with Crippen LogP contribution in [0, 0.1) is 5.82 Å². The second-order valence-corrected chi connectivity index (χ2v) is 6.06. The summed E-state index contributed by atoms with van der Waals surface area (Å²) in [4.78, 5) is 14.9. The summed E-state index contributed by atoms with van der Waals surface area (Å²) in [6, 6.07) is 4.63. The number of nitrogens with one attached hydrogen (secondary N) is 1. The van der Waals surface area contributed by atoms with Crippen molar-refractivity contribution in [1.82, 2.24) is 10.3 Å². The molecule has 2 N–H and O–H groups in total. The van der Waals surface area contributed by atoms with Crippen molar-refractivity contribution in [3.8, 4) is 5.75 Å². The molecule has 0 saturated carbocycles. The minimum atomic E-state index is -3.90. The molecule has 2 aromatic rings. The molecule has 0 aliphatic rings. The number of carboxylic acid groups (broad SMARTS) is 1. The topological polar surface area (TPSA) is 71.5 Å². The standard InChI is InChI=1S/C18H17F5N2O3/c19-13-3-5-14(6-4-13)28-18(22,23)11-25-15(16(26)27)9-17(20,21)8-12-2-1-7-24-10-12/h1-7,10,15,25H,8-9,11H2,(H,26,27)/t15-/m0/s1. The number of rotatable bonds is 10. The second kappa shape index (κ2) is 8.96. The van der Waals surface area contributed by atoms with Crippen molar-refractivity contribution in [3.05, 3.63) is 60.2 Å². The van der Waals surface area contributed by atoms with E-state index in [0.717, 1.165) is 24.3 Å². The molecule has 1 aromatic carbocycles. The van der Waals surface area contributed by atoms with Crippen molar-refractivity contribution in [2.75, 3.05) is 6.54 Å². The highest BCUT2D eigenvalue weighted by Crippen LogP contribution is 2.26. The van der Waals surface area contributed by atoms with Gasteiger partial charge in [-0.1, -0.05) is 6.07 Å². The molecule has 0 radical (unpaired) electrons. The highest BCUT2D eigenvalue weighted by atomic mass is 19.3. The first-order chi connectivity index (χ1) is 13.1. The minimum Gasteiger partial charge on any atom is -0.480 e. The maximum Gasteiger partial charge on any atom is 0.410 e. The maximum atomic E-state index is 14.1. The summed E-state index contributed by atoms with van der Waals surface area (Å²) in [5.41, 5.74) is 0.182. The molecular formula is C18H17F5N2O3. The fourth-order valence-electron chi connectivity index (χ4n) is 2.37. The number of pyridine rings is 1. The van der Waals surface area contributed by atoms with E-state index in [0.29, 0.717) is 0 Å². The van der Waals surface area contributed by atoms with Gasteiger partial charge in [0.15, 0.2) is 0 Å². The lowest BCUT2D eigenvalue weighted by atomic mass is 10.0. The molecule has 0 fully saturated rings. The number of halogens is 5. The van der Waals surface area contributed by atoms with Crippen molar-refractivity contribution in [1.29, 1.82) is 0 Å². The molecule has 5 nitrogen and oxygen atoms in total. The molecule has 0 unspecified atom stereocenters. The number of nitrogens with zero attached hydrogens (tertiary/aromatic N) is 1. The Morgan fingerprint density at radius 1 is 1.18 bits per heavy atom.